The summed E-state index contributed by atoms with van der Waals surface area (Å²) < 4.78 is 23.3. The van der Waals surface area contributed by atoms with Gasteiger partial charge in [0, 0.05) is 68.1 Å². The number of hydrogen-bond donors (Lipinski definition) is 7. The van der Waals surface area contributed by atoms with Crippen molar-refractivity contribution in [2.75, 3.05) is 12.4 Å². The number of aliphatic hydroxyl groups is 2. The number of carbonyl (C=O) groups excluding carboxylic acids is 4. The van der Waals surface area contributed by atoms with Gasteiger partial charge in [0.25, 0.3) is 11.7 Å². The lowest BCUT2D eigenvalue weighted by Crippen LogP contribution is -2.46. The predicted octanol–water partition coefficient (Wildman–Crippen LogP) is 4.22. The van der Waals surface area contributed by atoms with Gasteiger partial charge in [0.2, 0.25) is 5.91 Å². The Labute approximate surface area is 324 Å². The Morgan fingerprint density at radius 1 is 0.946 bits per heavy atom. The molecule has 16 nitrogen and oxygen atoms in total. The van der Waals surface area contributed by atoms with Gasteiger partial charge in [0.1, 0.15) is 23.4 Å². The van der Waals surface area contributed by atoms with Gasteiger partial charge in [0.15, 0.2) is 5.75 Å². The van der Waals surface area contributed by atoms with Gasteiger partial charge < -0.3 is 49.8 Å². The largest absolute Gasteiger partial charge is 0.507 e. The van der Waals surface area contributed by atoms with E-state index in [1.54, 1.807) is 33.8 Å². The zero-order chi connectivity index (χ0) is 42.0. The summed E-state index contributed by atoms with van der Waals surface area (Å²) in [6.45, 7) is 13.4. The molecule has 9 unspecified atom stereocenters. The van der Waals surface area contributed by atoms with Crippen LogP contribution in [0.25, 0.3) is 10.8 Å². The maximum Gasteiger partial charge on any atom is 0.312 e. The van der Waals surface area contributed by atoms with Crippen molar-refractivity contribution in [3.63, 3.8) is 0 Å². The molecular formula is C40H51N3O13. The van der Waals surface area contributed by atoms with Crippen molar-refractivity contribution in [3.05, 3.63) is 52.8 Å². The number of phenolic OH excluding ortho intramolecular Hbond substituents is 3. The summed E-state index contributed by atoms with van der Waals surface area (Å²) in [5.74, 6) is -9.60. The molecule has 3 heterocycles. The molecule has 2 aromatic rings. The molecule has 0 aliphatic carbocycles. The summed E-state index contributed by atoms with van der Waals surface area (Å²) in [5.41, 5.74) is 1.28. The van der Waals surface area contributed by atoms with Crippen LogP contribution >= 0.6 is 0 Å². The second kappa shape index (κ2) is 17.1. The SMILES string of the molecule is COC1C=COC2(C)Oc3c(C)c(O)c4c(O)c(c(C=NNC(C)=O)c(O)c4c3C2=O)NC(=O)C(C)=CC=CC(C)C(O)C(C)C(O)C(C)C(OC(C)=O)C1C. The van der Waals surface area contributed by atoms with Crippen molar-refractivity contribution in [2.24, 2.45) is 28.8 Å². The van der Waals surface area contributed by atoms with Gasteiger partial charge in [-0.3, -0.25) is 19.2 Å². The summed E-state index contributed by atoms with van der Waals surface area (Å²) >= 11 is 0. The number of rotatable bonds is 4. The van der Waals surface area contributed by atoms with E-state index in [1.807, 2.05) is 0 Å². The van der Waals surface area contributed by atoms with Crippen LogP contribution in [0.3, 0.4) is 0 Å². The molecule has 5 bridgehead atoms. The molecule has 56 heavy (non-hydrogen) atoms. The van der Waals surface area contributed by atoms with E-state index in [9.17, 15) is 44.7 Å². The number of anilines is 1. The number of fused-ring (bicyclic) bond motifs is 14. The number of esters is 1. The Morgan fingerprint density at radius 3 is 2.21 bits per heavy atom. The van der Waals surface area contributed by atoms with Crippen molar-refractivity contribution >= 4 is 46.2 Å². The molecule has 2 aromatic carbocycles. The molecule has 0 fully saturated rings. The van der Waals surface area contributed by atoms with Crippen LogP contribution in [0.2, 0.25) is 0 Å². The Morgan fingerprint density at radius 2 is 1.61 bits per heavy atom. The molecule has 5 rings (SSSR count). The van der Waals surface area contributed by atoms with E-state index in [0.29, 0.717) is 0 Å². The molecule has 0 radical (unpaired) electrons. The number of Topliss-reactive ketones (excluding diaryl/α,β-unsaturated/α-hetero) is 1. The van der Waals surface area contributed by atoms with Crippen LogP contribution in [0.5, 0.6) is 23.0 Å². The lowest BCUT2D eigenvalue weighted by molar-refractivity contribution is -0.160. The summed E-state index contributed by atoms with van der Waals surface area (Å²) in [7, 11) is 1.41. The number of allylic oxidation sites excluding steroid dienone is 2. The third kappa shape index (κ3) is 8.37. The molecule has 0 spiro atoms. The number of amides is 2. The highest BCUT2D eigenvalue weighted by atomic mass is 16.7. The van der Waals surface area contributed by atoms with Crippen molar-refractivity contribution in [2.45, 2.75) is 92.5 Å². The maximum atomic E-state index is 14.2. The first-order valence-electron chi connectivity index (χ1n) is 18.1. The van der Waals surface area contributed by atoms with Crippen molar-refractivity contribution in [1.82, 2.24) is 5.43 Å². The number of hydrazone groups is 1. The summed E-state index contributed by atoms with van der Waals surface area (Å²) in [6, 6.07) is 0. The van der Waals surface area contributed by atoms with Crippen molar-refractivity contribution < 1.29 is 63.7 Å². The molecule has 0 saturated carbocycles. The van der Waals surface area contributed by atoms with Gasteiger partial charge in [-0.25, -0.2) is 5.43 Å². The average Bonchev–Trinajstić information content (AvgIpc) is 3.41. The number of ketones is 1. The molecule has 7 N–H and O–H groups in total. The van der Waals surface area contributed by atoms with E-state index in [0.717, 1.165) is 12.5 Å². The number of aliphatic hydroxyl groups excluding tert-OH is 2. The van der Waals surface area contributed by atoms with Crippen LogP contribution in [0.4, 0.5) is 5.69 Å². The van der Waals surface area contributed by atoms with Gasteiger partial charge in [-0.15, -0.1) is 0 Å². The smallest absolute Gasteiger partial charge is 0.312 e. The lowest BCUT2D eigenvalue weighted by Gasteiger charge is -2.38. The average molecular weight is 782 g/mol. The van der Waals surface area contributed by atoms with E-state index in [2.05, 4.69) is 15.8 Å². The molecule has 0 saturated heterocycles. The third-order valence-electron chi connectivity index (χ3n) is 10.4. The lowest BCUT2D eigenvalue weighted by atomic mass is 9.78. The minimum atomic E-state index is -2.09. The minimum Gasteiger partial charge on any atom is -0.507 e. The fraction of sp³-hybridized carbons (Fsp3) is 0.475. The third-order valence-corrected chi connectivity index (χ3v) is 10.4. The van der Waals surface area contributed by atoms with Crippen LogP contribution in [0.15, 0.2) is 41.2 Å². The van der Waals surface area contributed by atoms with Crippen LogP contribution in [0, 0.1) is 30.6 Å². The Hall–Kier alpha value is -5.45. The molecule has 304 valence electrons. The molecule has 9 atom stereocenters. The van der Waals surface area contributed by atoms with E-state index < -0.39 is 106 Å². The molecule has 3 aliphatic rings. The highest BCUT2D eigenvalue weighted by Gasteiger charge is 2.50. The first-order chi connectivity index (χ1) is 26.2. The van der Waals surface area contributed by atoms with E-state index in [1.165, 1.54) is 60.0 Å². The number of benzene rings is 2. The molecule has 16 heteroatoms. The standard InChI is InChI=1S/C40H51N3O13/c1-17-12-11-13-18(2)39(52)42-30-25(16-41-43-23(7)44)34(49)27-28(35(30)50)33(48)22(6)37-29(27)38(51)40(9,56-37)54-15-14-26(53-10)19(3)36(55-24(8)45)21(5)32(47)20(4)31(17)46/h11-17,19-21,26,31-32,36,46-50H,1-10H3,(H,42,52)(H,43,44). The van der Waals surface area contributed by atoms with E-state index >= 15 is 0 Å². The molecular weight excluding hydrogens is 730 g/mol. The number of aromatic hydroxyl groups is 3. The highest BCUT2D eigenvalue weighted by molar-refractivity contribution is 6.23. The van der Waals surface area contributed by atoms with Crippen molar-refractivity contribution in [3.8, 4) is 23.0 Å². The molecule has 0 aromatic heterocycles. The number of nitrogens with zero attached hydrogens (tertiary/aromatic N) is 1. The second-order valence-electron chi connectivity index (χ2n) is 14.5. The number of carbonyl (C=O) groups is 4. The van der Waals surface area contributed by atoms with Crippen LogP contribution < -0.4 is 15.5 Å². The second-order valence-corrected chi connectivity index (χ2v) is 14.5. The Bertz CT molecular complexity index is 2020. The quantitative estimate of drug-likeness (QED) is 0.0757. The number of phenols is 3. The number of nitrogens with one attached hydrogen (secondary N) is 2. The summed E-state index contributed by atoms with van der Waals surface area (Å²) in [6.07, 6.45) is 4.19. The van der Waals surface area contributed by atoms with Crippen molar-refractivity contribution in [1.29, 1.82) is 0 Å². The Balaban J connectivity index is 1.98. The zero-order valence-corrected chi connectivity index (χ0v) is 33.0. The summed E-state index contributed by atoms with van der Waals surface area (Å²) in [4.78, 5) is 51.7. The zero-order valence-electron chi connectivity index (χ0n) is 33.0. The fourth-order valence-corrected chi connectivity index (χ4v) is 7.06. The van der Waals surface area contributed by atoms with E-state index in [4.69, 9.17) is 18.9 Å². The number of ether oxygens (including phenoxy) is 4. The predicted molar refractivity (Wildman–Crippen MR) is 205 cm³/mol. The van der Waals surface area contributed by atoms with Gasteiger partial charge in [-0.05, 0) is 19.9 Å². The summed E-state index contributed by atoms with van der Waals surface area (Å²) in [5, 5.41) is 63.2. The van der Waals surface area contributed by atoms with Crippen LogP contribution in [0.1, 0.15) is 76.9 Å². The van der Waals surface area contributed by atoms with Gasteiger partial charge >= 0.3 is 11.8 Å². The monoisotopic (exact) mass is 781 g/mol. The maximum absolute atomic E-state index is 14.2. The normalized spacial score (nSPS) is 28.9. The fourth-order valence-electron chi connectivity index (χ4n) is 7.06. The first kappa shape index (κ1) is 43.3. The number of methoxy groups -OCH3 is 1. The molecule has 3 aliphatic heterocycles. The highest BCUT2D eigenvalue weighted by Crippen LogP contribution is 2.55. The number of hydrogen-bond acceptors (Lipinski definition) is 14. The minimum absolute atomic E-state index is 0.00113. The van der Waals surface area contributed by atoms with Gasteiger partial charge in [-0.2, -0.15) is 5.10 Å². The van der Waals surface area contributed by atoms with Gasteiger partial charge in [-0.1, -0.05) is 45.9 Å². The van der Waals surface area contributed by atoms with Crippen LogP contribution in [-0.4, -0.2) is 92.6 Å². The molecule has 2 amide bonds. The van der Waals surface area contributed by atoms with E-state index in [-0.39, 0.29) is 33.4 Å². The van der Waals surface area contributed by atoms with Crippen LogP contribution in [-0.2, 0) is 28.6 Å². The van der Waals surface area contributed by atoms with Gasteiger partial charge in [0.05, 0.1) is 53.0 Å². The topological polar surface area (TPSA) is 243 Å². The first-order valence-corrected chi connectivity index (χ1v) is 18.1. The Kier molecular flexibility index (Phi) is 13.2.